The summed E-state index contributed by atoms with van der Waals surface area (Å²) in [6.07, 6.45) is 0. The van der Waals surface area contributed by atoms with Crippen LogP contribution in [0.1, 0.15) is 21.5 Å². The minimum atomic E-state index is -0.279. The summed E-state index contributed by atoms with van der Waals surface area (Å²) >= 11 is 3.31. The first kappa shape index (κ1) is 16.2. The highest BCUT2D eigenvalue weighted by molar-refractivity contribution is 9.10. The molecule has 2 rings (SSSR count). The summed E-state index contributed by atoms with van der Waals surface area (Å²) < 4.78 is 0.702. The fourth-order valence-corrected chi connectivity index (χ4v) is 2.43. The van der Waals surface area contributed by atoms with Gasteiger partial charge in [-0.25, -0.2) is 0 Å². The zero-order chi connectivity index (χ0) is 15.9. The molecule has 0 spiro atoms. The topological polar surface area (TPSA) is 58.2 Å². The van der Waals surface area contributed by atoms with Crippen molar-refractivity contribution >= 4 is 27.7 Å². The molecule has 0 bridgehead atoms. The van der Waals surface area contributed by atoms with E-state index in [2.05, 4.69) is 26.6 Å². The van der Waals surface area contributed by atoms with Crippen LogP contribution in [0, 0.1) is 6.92 Å². The quantitative estimate of drug-likeness (QED) is 0.861. The van der Waals surface area contributed by atoms with Gasteiger partial charge in [0.2, 0.25) is 5.91 Å². The minimum absolute atomic E-state index is 0.0496. The van der Waals surface area contributed by atoms with Gasteiger partial charge >= 0.3 is 0 Å². The van der Waals surface area contributed by atoms with Crippen molar-refractivity contribution in [2.75, 3.05) is 6.54 Å². The molecule has 2 N–H and O–H groups in total. The van der Waals surface area contributed by atoms with Gasteiger partial charge in [-0.2, -0.15) is 0 Å². The zero-order valence-corrected chi connectivity index (χ0v) is 13.8. The number of amides is 2. The summed E-state index contributed by atoms with van der Waals surface area (Å²) in [6, 6.07) is 14.9. The van der Waals surface area contributed by atoms with Crippen molar-refractivity contribution in [2.24, 2.45) is 0 Å². The highest BCUT2D eigenvalue weighted by Gasteiger charge is 2.10. The Kier molecular flexibility index (Phi) is 5.72. The minimum Gasteiger partial charge on any atom is -0.350 e. The predicted octanol–water partition coefficient (Wildman–Crippen LogP) is 2.80. The van der Waals surface area contributed by atoms with Crippen molar-refractivity contribution in [1.82, 2.24) is 10.6 Å². The molecule has 114 valence electrons. The standard InChI is InChI=1S/C17H17BrN2O2/c1-12-6-2-3-7-13(12)10-19-16(21)11-20-17(22)14-8-4-5-9-15(14)18/h2-9H,10-11H2,1H3,(H,19,21)(H,20,22). The molecule has 4 nitrogen and oxygen atoms in total. The summed E-state index contributed by atoms with van der Waals surface area (Å²) in [5.74, 6) is -0.498. The largest absolute Gasteiger partial charge is 0.350 e. The second kappa shape index (κ2) is 7.75. The van der Waals surface area contributed by atoms with Crippen molar-refractivity contribution < 1.29 is 9.59 Å². The molecule has 0 heterocycles. The van der Waals surface area contributed by atoms with Crippen LogP contribution in [0.3, 0.4) is 0 Å². The smallest absolute Gasteiger partial charge is 0.252 e. The van der Waals surface area contributed by atoms with Gasteiger partial charge in [-0.15, -0.1) is 0 Å². The van der Waals surface area contributed by atoms with Gasteiger partial charge in [0.1, 0.15) is 0 Å². The van der Waals surface area contributed by atoms with Gasteiger partial charge in [0.25, 0.3) is 5.91 Å². The van der Waals surface area contributed by atoms with Crippen LogP contribution in [-0.2, 0) is 11.3 Å². The maximum absolute atomic E-state index is 12.0. The van der Waals surface area contributed by atoms with Gasteiger partial charge in [-0.3, -0.25) is 9.59 Å². The average Bonchev–Trinajstić information content (AvgIpc) is 2.52. The van der Waals surface area contributed by atoms with E-state index < -0.39 is 0 Å². The molecule has 0 saturated carbocycles. The van der Waals surface area contributed by atoms with Crippen LogP contribution in [0.4, 0.5) is 0 Å². The molecule has 2 aromatic carbocycles. The van der Waals surface area contributed by atoms with Gasteiger partial charge in [0.05, 0.1) is 12.1 Å². The van der Waals surface area contributed by atoms with Gasteiger partial charge < -0.3 is 10.6 Å². The Morgan fingerprint density at radius 3 is 2.41 bits per heavy atom. The van der Waals surface area contributed by atoms with Gasteiger partial charge in [0, 0.05) is 11.0 Å². The molecule has 22 heavy (non-hydrogen) atoms. The molecular formula is C17H17BrN2O2. The monoisotopic (exact) mass is 360 g/mol. The molecule has 0 saturated heterocycles. The summed E-state index contributed by atoms with van der Waals surface area (Å²) in [6.45, 7) is 2.40. The Morgan fingerprint density at radius 2 is 1.68 bits per heavy atom. The SMILES string of the molecule is Cc1ccccc1CNC(=O)CNC(=O)c1ccccc1Br. The lowest BCUT2D eigenvalue weighted by atomic mass is 10.1. The van der Waals surface area contributed by atoms with Gasteiger partial charge in [-0.05, 0) is 46.1 Å². The van der Waals surface area contributed by atoms with E-state index in [1.54, 1.807) is 18.2 Å². The number of nitrogens with one attached hydrogen (secondary N) is 2. The first-order chi connectivity index (χ1) is 10.6. The van der Waals surface area contributed by atoms with Crippen molar-refractivity contribution in [1.29, 1.82) is 0 Å². The Labute approximate surface area is 138 Å². The average molecular weight is 361 g/mol. The molecular weight excluding hydrogens is 344 g/mol. The number of carbonyl (C=O) groups excluding carboxylic acids is 2. The Balaban J connectivity index is 1.82. The molecule has 0 aromatic heterocycles. The molecule has 0 fully saturated rings. The second-order valence-corrected chi connectivity index (χ2v) is 5.72. The Hall–Kier alpha value is -2.14. The third-order valence-electron chi connectivity index (χ3n) is 3.27. The van der Waals surface area contributed by atoms with E-state index in [0.717, 1.165) is 11.1 Å². The summed E-state index contributed by atoms with van der Waals surface area (Å²) in [5.41, 5.74) is 2.70. The maximum Gasteiger partial charge on any atom is 0.252 e. The normalized spacial score (nSPS) is 10.1. The molecule has 0 unspecified atom stereocenters. The fourth-order valence-electron chi connectivity index (χ4n) is 1.97. The van der Waals surface area contributed by atoms with Crippen LogP contribution in [0.25, 0.3) is 0 Å². The van der Waals surface area contributed by atoms with E-state index in [9.17, 15) is 9.59 Å². The lowest BCUT2D eigenvalue weighted by molar-refractivity contribution is -0.120. The highest BCUT2D eigenvalue weighted by atomic mass is 79.9. The lowest BCUT2D eigenvalue weighted by Gasteiger charge is -2.09. The molecule has 0 aliphatic rings. The number of aryl methyl sites for hydroxylation is 1. The Morgan fingerprint density at radius 1 is 1.00 bits per heavy atom. The van der Waals surface area contributed by atoms with Crippen LogP contribution in [0.2, 0.25) is 0 Å². The van der Waals surface area contributed by atoms with Gasteiger partial charge in [-0.1, -0.05) is 36.4 Å². The maximum atomic E-state index is 12.0. The molecule has 2 aromatic rings. The summed E-state index contributed by atoms with van der Waals surface area (Å²) in [4.78, 5) is 23.8. The van der Waals surface area contributed by atoms with E-state index in [0.29, 0.717) is 16.6 Å². The lowest BCUT2D eigenvalue weighted by Crippen LogP contribution is -2.36. The summed E-state index contributed by atoms with van der Waals surface area (Å²) in [7, 11) is 0. The van der Waals surface area contributed by atoms with Crippen LogP contribution in [-0.4, -0.2) is 18.4 Å². The van der Waals surface area contributed by atoms with Crippen LogP contribution in [0.5, 0.6) is 0 Å². The number of hydrogen-bond donors (Lipinski definition) is 2. The predicted molar refractivity (Wildman–Crippen MR) is 89.5 cm³/mol. The molecule has 0 aliphatic carbocycles. The van der Waals surface area contributed by atoms with E-state index >= 15 is 0 Å². The van der Waals surface area contributed by atoms with E-state index in [1.807, 2.05) is 37.3 Å². The molecule has 5 heteroatoms. The fraction of sp³-hybridized carbons (Fsp3) is 0.176. The van der Waals surface area contributed by atoms with E-state index in [4.69, 9.17) is 0 Å². The molecule has 0 aliphatic heterocycles. The van der Waals surface area contributed by atoms with Gasteiger partial charge in [0.15, 0.2) is 0 Å². The number of halogens is 1. The second-order valence-electron chi connectivity index (χ2n) is 4.87. The summed E-state index contributed by atoms with van der Waals surface area (Å²) in [5, 5.41) is 5.41. The number of rotatable bonds is 5. The van der Waals surface area contributed by atoms with Crippen LogP contribution < -0.4 is 10.6 Å². The van der Waals surface area contributed by atoms with Crippen molar-refractivity contribution in [2.45, 2.75) is 13.5 Å². The molecule has 0 radical (unpaired) electrons. The highest BCUT2D eigenvalue weighted by Crippen LogP contribution is 2.15. The molecule has 0 atom stereocenters. The molecule has 2 amide bonds. The van der Waals surface area contributed by atoms with Crippen molar-refractivity contribution in [3.63, 3.8) is 0 Å². The van der Waals surface area contributed by atoms with Crippen molar-refractivity contribution in [3.8, 4) is 0 Å². The van der Waals surface area contributed by atoms with E-state index in [1.165, 1.54) is 0 Å². The number of hydrogen-bond acceptors (Lipinski definition) is 2. The zero-order valence-electron chi connectivity index (χ0n) is 12.2. The third-order valence-corrected chi connectivity index (χ3v) is 3.96. The van der Waals surface area contributed by atoms with E-state index in [-0.39, 0.29) is 18.4 Å². The first-order valence-electron chi connectivity index (χ1n) is 6.92. The van der Waals surface area contributed by atoms with Crippen LogP contribution >= 0.6 is 15.9 Å². The Bertz CT molecular complexity index is 686. The van der Waals surface area contributed by atoms with Crippen molar-refractivity contribution in [3.05, 3.63) is 69.7 Å². The first-order valence-corrected chi connectivity index (χ1v) is 7.71. The van der Waals surface area contributed by atoms with Crippen LogP contribution in [0.15, 0.2) is 53.0 Å². The number of benzene rings is 2. The third kappa shape index (κ3) is 4.43. The number of carbonyl (C=O) groups is 2.